The average Bonchev–Trinajstić information content (AvgIpc) is 2.95. The average molecular weight is 322 g/mol. The first-order chi connectivity index (χ1) is 10.5. The predicted octanol–water partition coefficient (Wildman–Crippen LogP) is 2.20. The highest BCUT2D eigenvalue weighted by molar-refractivity contribution is 6.30. The van der Waals surface area contributed by atoms with Crippen molar-refractivity contribution < 1.29 is 19.4 Å². The third kappa shape index (κ3) is 3.70. The van der Waals surface area contributed by atoms with Crippen LogP contribution in [-0.4, -0.2) is 38.6 Å². The first-order valence-corrected chi connectivity index (χ1v) is 6.69. The van der Waals surface area contributed by atoms with Gasteiger partial charge in [-0.25, -0.2) is 14.3 Å². The third-order valence-electron chi connectivity index (χ3n) is 2.62. The van der Waals surface area contributed by atoms with Gasteiger partial charge >= 0.3 is 11.9 Å². The zero-order chi connectivity index (χ0) is 16.1. The number of carboxylic acids is 1. The van der Waals surface area contributed by atoms with E-state index < -0.39 is 11.9 Å². The van der Waals surface area contributed by atoms with E-state index in [9.17, 15) is 9.59 Å². The first kappa shape index (κ1) is 15.7. The van der Waals surface area contributed by atoms with Crippen molar-refractivity contribution in [3.05, 3.63) is 46.8 Å². The molecular formula is C14H12ClN3O4. The van der Waals surface area contributed by atoms with E-state index in [0.29, 0.717) is 16.3 Å². The Labute approximate surface area is 130 Å². The van der Waals surface area contributed by atoms with Gasteiger partial charge in [0.2, 0.25) is 0 Å². The Kier molecular flexibility index (Phi) is 4.90. The van der Waals surface area contributed by atoms with Crippen molar-refractivity contribution in [1.29, 1.82) is 0 Å². The molecular weight excluding hydrogens is 310 g/mol. The molecule has 0 unspecified atom stereocenters. The number of carbonyl (C=O) groups excluding carboxylic acids is 1. The number of esters is 1. The van der Waals surface area contributed by atoms with Crippen molar-refractivity contribution in [3.8, 4) is 5.69 Å². The van der Waals surface area contributed by atoms with Crippen LogP contribution in [-0.2, 0) is 9.53 Å². The van der Waals surface area contributed by atoms with Crippen LogP contribution in [0.1, 0.15) is 23.0 Å². The number of ether oxygens (including phenoxy) is 1. The summed E-state index contributed by atoms with van der Waals surface area (Å²) < 4.78 is 6.19. The summed E-state index contributed by atoms with van der Waals surface area (Å²) >= 11 is 5.92. The SMILES string of the molecule is CCOC(=O)c1cn(-c2ccc(Cl)cc2C=CC(=O)O)nn1. The van der Waals surface area contributed by atoms with Crippen LogP contribution in [0.5, 0.6) is 0 Å². The Morgan fingerprint density at radius 3 is 2.91 bits per heavy atom. The van der Waals surface area contributed by atoms with Crippen molar-refractivity contribution in [2.45, 2.75) is 6.92 Å². The Morgan fingerprint density at radius 1 is 1.45 bits per heavy atom. The Hall–Kier alpha value is -2.67. The molecule has 0 saturated heterocycles. The van der Waals surface area contributed by atoms with Crippen LogP contribution in [0.25, 0.3) is 11.8 Å². The highest BCUT2D eigenvalue weighted by Gasteiger charge is 2.13. The molecule has 1 heterocycles. The van der Waals surface area contributed by atoms with Crippen LogP contribution in [0.15, 0.2) is 30.5 Å². The molecule has 8 heteroatoms. The van der Waals surface area contributed by atoms with Gasteiger partial charge in [-0.3, -0.25) is 0 Å². The van der Waals surface area contributed by atoms with Crippen molar-refractivity contribution in [2.75, 3.05) is 6.61 Å². The molecule has 114 valence electrons. The fourth-order valence-electron chi connectivity index (χ4n) is 1.71. The summed E-state index contributed by atoms with van der Waals surface area (Å²) in [6, 6.07) is 4.86. The standard InChI is InChI=1S/C14H12ClN3O4/c1-2-22-14(21)11-8-18(17-16-11)12-5-4-10(15)7-9(12)3-6-13(19)20/h3-8H,2H2,1H3,(H,19,20). The molecule has 0 spiro atoms. The van der Waals surface area contributed by atoms with Gasteiger partial charge in [-0.1, -0.05) is 16.8 Å². The lowest BCUT2D eigenvalue weighted by Gasteiger charge is -2.05. The topological polar surface area (TPSA) is 94.3 Å². The van der Waals surface area contributed by atoms with Crippen molar-refractivity contribution in [3.63, 3.8) is 0 Å². The summed E-state index contributed by atoms with van der Waals surface area (Å²) in [5, 5.41) is 16.8. The molecule has 0 aliphatic carbocycles. The number of benzene rings is 1. The second-order valence-electron chi connectivity index (χ2n) is 4.14. The van der Waals surface area contributed by atoms with Crippen LogP contribution >= 0.6 is 11.6 Å². The molecule has 1 aromatic carbocycles. The van der Waals surface area contributed by atoms with Gasteiger partial charge in [0.15, 0.2) is 5.69 Å². The van der Waals surface area contributed by atoms with Crippen molar-refractivity contribution >= 4 is 29.6 Å². The van der Waals surface area contributed by atoms with E-state index in [1.54, 1.807) is 25.1 Å². The van der Waals surface area contributed by atoms with E-state index in [2.05, 4.69) is 10.3 Å². The first-order valence-electron chi connectivity index (χ1n) is 6.31. The second-order valence-corrected chi connectivity index (χ2v) is 4.58. The highest BCUT2D eigenvalue weighted by atomic mass is 35.5. The summed E-state index contributed by atoms with van der Waals surface area (Å²) in [6.07, 6.45) is 3.77. The van der Waals surface area contributed by atoms with Gasteiger partial charge in [-0.2, -0.15) is 0 Å². The molecule has 0 atom stereocenters. The fraction of sp³-hybridized carbons (Fsp3) is 0.143. The van der Waals surface area contributed by atoms with Gasteiger partial charge in [-0.05, 0) is 31.2 Å². The number of aromatic nitrogens is 3. The van der Waals surface area contributed by atoms with E-state index >= 15 is 0 Å². The molecule has 0 saturated carbocycles. The molecule has 2 aromatic rings. The minimum Gasteiger partial charge on any atom is -0.478 e. The van der Waals surface area contributed by atoms with E-state index in [0.717, 1.165) is 6.08 Å². The summed E-state index contributed by atoms with van der Waals surface area (Å²) in [5.74, 6) is -1.66. The number of nitrogens with zero attached hydrogens (tertiary/aromatic N) is 3. The number of carbonyl (C=O) groups is 2. The molecule has 0 aliphatic rings. The van der Waals surface area contributed by atoms with Crippen LogP contribution in [0, 0.1) is 0 Å². The Bertz CT molecular complexity index is 739. The fourth-order valence-corrected chi connectivity index (χ4v) is 1.89. The normalized spacial score (nSPS) is 10.8. The summed E-state index contributed by atoms with van der Waals surface area (Å²) in [4.78, 5) is 22.2. The molecule has 0 radical (unpaired) electrons. The maximum Gasteiger partial charge on any atom is 0.360 e. The van der Waals surface area contributed by atoms with Crippen LogP contribution in [0.2, 0.25) is 5.02 Å². The van der Waals surface area contributed by atoms with E-state index in [-0.39, 0.29) is 12.3 Å². The molecule has 2 rings (SSSR count). The third-order valence-corrected chi connectivity index (χ3v) is 2.85. The number of rotatable bonds is 5. The van der Waals surface area contributed by atoms with Crippen molar-refractivity contribution in [1.82, 2.24) is 15.0 Å². The number of carboxylic acid groups (broad SMARTS) is 1. The smallest absolute Gasteiger partial charge is 0.360 e. The van der Waals surface area contributed by atoms with Gasteiger partial charge in [-0.15, -0.1) is 5.10 Å². The lowest BCUT2D eigenvalue weighted by Crippen LogP contribution is -2.04. The van der Waals surface area contributed by atoms with Gasteiger partial charge in [0.05, 0.1) is 18.5 Å². The predicted molar refractivity (Wildman–Crippen MR) is 79.0 cm³/mol. The van der Waals surface area contributed by atoms with Gasteiger partial charge < -0.3 is 9.84 Å². The van der Waals surface area contributed by atoms with E-state index in [1.807, 2.05) is 0 Å². The Morgan fingerprint density at radius 2 is 2.23 bits per heavy atom. The number of aliphatic carboxylic acids is 1. The Balaban J connectivity index is 2.40. The zero-order valence-electron chi connectivity index (χ0n) is 11.6. The van der Waals surface area contributed by atoms with Crippen LogP contribution in [0.3, 0.4) is 0 Å². The monoisotopic (exact) mass is 321 g/mol. The minimum atomic E-state index is -1.09. The van der Waals surface area contributed by atoms with Gasteiger partial charge in [0.1, 0.15) is 0 Å². The number of hydrogen-bond donors (Lipinski definition) is 1. The maximum absolute atomic E-state index is 11.6. The molecule has 0 amide bonds. The van der Waals surface area contributed by atoms with Crippen molar-refractivity contribution in [2.24, 2.45) is 0 Å². The second kappa shape index (κ2) is 6.86. The van der Waals surface area contributed by atoms with Gasteiger partial charge in [0, 0.05) is 16.7 Å². The molecule has 7 nitrogen and oxygen atoms in total. The molecule has 22 heavy (non-hydrogen) atoms. The molecule has 1 aromatic heterocycles. The maximum atomic E-state index is 11.6. The lowest BCUT2D eigenvalue weighted by molar-refractivity contribution is -0.131. The zero-order valence-corrected chi connectivity index (χ0v) is 12.3. The molecule has 0 bridgehead atoms. The van der Waals surface area contributed by atoms with Crippen LogP contribution in [0.4, 0.5) is 0 Å². The van der Waals surface area contributed by atoms with E-state index in [1.165, 1.54) is 17.0 Å². The summed E-state index contributed by atoms with van der Waals surface area (Å²) in [7, 11) is 0. The molecule has 1 N–H and O–H groups in total. The van der Waals surface area contributed by atoms with Crippen LogP contribution < -0.4 is 0 Å². The summed E-state index contributed by atoms with van der Waals surface area (Å²) in [6.45, 7) is 1.93. The lowest BCUT2D eigenvalue weighted by atomic mass is 10.1. The van der Waals surface area contributed by atoms with Gasteiger partial charge in [0.25, 0.3) is 0 Å². The van der Waals surface area contributed by atoms with E-state index in [4.69, 9.17) is 21.4 Å². The minimum absolute atomic E-state index is 0.0602. The number of halogens is 1. The quantitative estimate of drug-likeness (QED) is 0.670. The molecule has 0 fully saturated rings. The molecule has 0 aliphatic heterocycles. The largest absolute Gasteiger partial charge is 0.478 e. The highest BCUT2D eigenvalue weighted by Crippen LogP contribution is 2.21. The summed E-state index contributed by atoms with van der Waals surface area (Å²) in [5.41, 5.74) is 1.12. The number of hydrogen-bond acceptors (Lipinski definition) is 5.